The second-order valence-electron chi connectivity index (χ2n) is 4.74. The first-order chi connectivity index (χ1) is 12.0. The highest BCUT2D eigenvalue weighted by molar-refractivity contribution is 9.10. The molecule has 1 heterocycles. The maximum absolute atomic E-state index is 12.5. The van der Waals surface area contributed by atoms with Crippen LogP contribution in [0.4, 0.5) is 10.8 Å². The Kier molecular flexibility index (Phi) is 5.11. The van der Waals surface area contributed by atoms with Gasteiger partial charge in [-0.15, -0.1) is 10.2 Å². The Hall–Kier alpha value is -2.30. The summed E-state index contributed by atoms with van der Waals surface area (Å²) in [5, 5.41) is 19.8. The molecular formula is C15H10BrN4O3S2-. The fourth-order valence-electron chi connectivity index (χ4n) is 1.94. The number of anilines is 1. The van der Waals surface area contributed by atoms with Crippen molar-refractivity contribution in [1.82, 2.24) is 10.2 Å². The molecule has 0 aliphatic rings. The van der Waals surface area contributed by atoms with Gasteiger partial charge in [-0.05, 0) is 30.3 Å². The van der Waals surface area contributed by atoms with E-state index >= 15 is 0 Å². The summed E-state index contributed by atoms with van der Waals surface area (Å²) in [6.45, 7) is 0. The average Bonchev–Trinajstić information content (AvgIpc) is 3.08. The minimum absolute atomic E-state index is 0.0824. The molecule has 0 saturated heterocycles. The van der Waals surface area contributed by atoms with E-state index in [1.54, 1.807) is 24.3 Å². The van der Waals surface area contributed by atoms with E-state index in [0.29, 0.717) is 0 Å². The van der Waals surface area contributed by atoms with Gasteiger partial charge in [0.1, 0.15) is 5.51 Å². The van der Waals surface area contributed by atoms with Crippen LogP contribution in [0.5, 0.6) is 0 Å². The number of hydrogen-bond acceptors (Lipinski definition) is 7. The predicted octanol–water partition coefficient (Wildman–Crippen LogP) is 2.54. The Bertz CT molecular complexity index is 1000. The van der Waals surface area contributed by atoms with Crippen LogP contribution >= 0.6 is 27.3 Å². The molecule has 3 aromatic rings. The molecule has 1 N–H and O–H groups in total. The lowest BCUT2D eigenvalue weighted by molar-refractivity contribution is -0.212. The van der Waals surface area contributed by atoms with Gasteiger partial charge in [0.2, 0.25) is 5.13 Å². The minimum Gasteiger partial charge on any atom is -0.858 e. The summed E-state index contributed by atoms with van der Waals surface area (Å²) in [5.74, 6) is -0.606. The zero-order chi connectivity index (χ0) is 17.9. The number of sulfonamides is 1. The molecule has 3 rings (SSSR count). The summed E-state index contributed by atoms with van der Waals surface area (Å²) in [7, 11) is -3.84. The average molecular weight is 438 g/mol. The van der Waals surface area contributed by atoms with Crippen LogP contribution in [0.25, 0.3) is 0 Å². The Morgan fingerprint density at radius 1 is 1.16 bits per heavy atom. The van der Waals surface area contributed by atoms with Crippen LogP contribution in [0.15, 0.2) is 68.4 Å². The van der Waals surface area contributed by atoms with Gasteiger partial charge in [0.25, 0.3) is 10.0 Å². The van der Waals surface area contributed by atoms with Crippen LogP contribution in [0.2, 0.25) is 0 Å². The van der Waals surface area contributed by atoms with Crippen molar-refractivity contribution in [2.75, 3.05) is 4.72 Å². The molecule has 128 valence electrons. The van der Waals surface area contributed by atoms with Gasteiger partial charge in [-0.3, -0.25) is 4.72 Å². The van der Waals surface area contributed by atoms with Crippen LogP contribution in [0.3, 0.4) is 0 Å². The minimum atomic E-state index is -3.84. The number of hydrogen-bond donors (Lipinski definition) is 1. The van der Waals surface area contributed by atoms with Crippen LogP contribution in [-0.2, 0) is 10.0 Å². The van der Waals surface area contributed by atoms with Crippen LogP contribution in [0.1, 0.15) is 5.56 Å². The van der Waals surface area contributed by atoms with Crippen molar-refractivity contribution in [3.05, 3.63) is 64.1 Å². The zero-order valence-electron chi connectivity index (χ0n) is 12.5. The molecule has 0 bridgehead atoms. The fourth-order valence-corrected chi connectivity index (χ4v) is 3.70. The van der Waals surface area contributed by atoms with Gasteiger partial charge in [-0.1, -0.05) is 45.5 Å². The van der Waals surface area contributed by atoms with Crippen LogP contribution < -0.4 is 9.83 Å². The molecule has 0 fully saturated rings. The largest absolute Gasteiger partial charge is 0.858 e. The molecular weight excluding hydrogens is 428 g/mol. The molecule has 0 atom stereocenters. The van der Waals surface area contributed by atoms with Crippen molar-refractivity contribution in [3.8, 4) is 0 Å². The van der Waals surface area contributed by atoms with E-state index < -0.39 is 15.9 Å². The Labute approximate surface area is 156 Å². The lowest BCUT2D eigenvalue weighted by atomic mass is 10.2. The van der Waals surface area contributed by atoms with Crippen molar-refractivity contribution in [1.29, 1.82) is 0 Å². The van der Waals surface area contributed by atoms with Gasteiger partial charge in [0.05, 0.1) is 10.6 Å². The van der Waals surface area contributed by atoms with E-state index in [2.05, 4.69) is 35.8 Å². The maximum atomic E-state index is 12.5. The summed E-state index contributed by atoms with van der Waals surface area (Å²) >= 11 is 4.37. The summed E-state index contributed by atoms with van der Waals surface area (Å²) in [5.41, 5.74) is 1.72. The highest BCUT2D eigenvalue weighted by Crippen LogP contribution is 2.22. The van der Waals surface area contributed by atoms with Gasteiger partial charge in [0.15, 0.2) is 0 Å². The number of nitrogens with one attached hydrogen (secondary N) is 1. The van der Waals surface area contributed by atoms with Gasteiger partial charge in [0, 0.05) is 15.9 Å². The Morgan fingerprint density at radius 3 is 2.56 bits per heavy atom. The van der Waals surface area contributed by atoms with Gasteiger partial charge in [-0.2, -0.15) is 0 Å². The molecule has 0 spiro atoms. The first-order valence-electron chi connectivity index (χ1n) is 6.85. The molecule has 0 aliphatic carbocycles. The molecule has 10 heteroatoms. The molecule has 0 radical (unpaired) electrons. The molecule has 25 heavy (non-hydrogen) atoms. The van der Waals surface area contributed by atoms with E-state index in [0.717, 1.165) is 15.8 Å². The predicted molar refractivity (Wildman–Crippen MR) is 97.5 cm³/mol. The number of aliphatic imine (C=N–C) groups is 1. The number of aromatic nitrogens is 2. The van der Waals surface area contributed by atoms with Crippen molar-refractivity contribution in [2.45, 2.75) is 4.90 Å². The molecule has 0 aliphatic heterocycles. The van der Waals surface area contributed by atoms with Gasteiger partial charge in [-0.25, -0.2) is 13.4 Å². The maximum Gasteiger partial charge on any atom is 0.261 e. The third-order valence-corrected chi connectivity index (χ3v) is 5.56. The highest BCUT2D eigenvalue weighted by atomic mass is 79.9. The summed E-state index contributed by atoms with van der Waals surface area (Å²) in [6.07, 6.45) is 0. The monoisotopic (exact) mass is 437 g/mol. The zero-order valence-corrected chi connectivity index (χ0v) is 15.7. The Morgan fingerprint density at radius 2 is 1.88 bits per heavy atom. The van der Waals surface area contributed by atoms with Gasteiger partial charge >= 0.3 is 0 Å². The second kappa shape index (κ2) is 7.30. The first kappa shape index (κ1) is 17.5. The second-order valence-corrected chi connectivity index (χ2v) is 8.15. The first-order valence-corrected chi connectivity index (χ1v) is 10.0. The van der Waals surface area contributed by atoms with Crippen molar-refractivity contribution < 1.29 is 13.5 Å². The normalized spacial score (nSPS) is 12.1. The van der Waals surface area contributed by atoms with Crippen molar-refractivity contribution >= 4 is 54.0 Å². The number of nitrogens with zero attached hydrogens (tertiary/aromatic N) is 3. The SMILES string of the molecule is O=S(=O)(Nc1ccccc1C([O-])=Nc1nncs1)c1ccc(Br)cc1. The van der Waals surface area contributed by atoms with Crippen LogP contribution in [-0.4, -0.2) is 24.5 Å². The number of para-hydroxylation sites is 1. The standard InChI is InChI=1S/C15H11BrN4O3S2/c16-10-5-7-11(8-6-10)25(22,23)20-13-4-2-1-3-12(13)14(21)18-15-19-17-9-24-15/h1-9,20H,(H,18,19,21)/p-1. The molecule has 7 nitrogen and oxygen atoms in total. The lowest BCUT2D eigenvalue weighted by Crippen LogP contribution is -2.22. The van der Waals surface area contributed by atoms with E-state index in [-0.39, 0.29) is 21.3 Å². The summed E-state index contributed by atoms with van der Waals surface area (Å²) in [6, 6.07) is 12.4. The smallest absolute Gasteiger partial charge is 0.261 e. The van der Waals surface area contributed by atoms with Gasteiger partial charge < -0.3 is 5.11 Å². The van der Waals surface area contributed by atoms with Crippen molar-refractivity contribution in [3.63, 3.8) is 0 Å². The third kappa shape index (κ3) is 4.21. The van der Waals surface area contributed by atoms with E-state index in [1.807, 2.05) is 0 Å². The summed E-state index contributed by atoms with van der Waals surface area (Å²) in [4.78, 5) is 3.91. The van der Waals surface area contributed by atoms with E-state index in [9.17, 15) is 13.5 Å². The number of halogens is 1. The Balaban J connectivity index is 1.95. The molecule has 2 aromatic carbocycles. The summed E-state index contributed by atoms with van der Waals surface area (Å²) < 4.78 is 28.2. The van der Waals surface area contributed by atoms with E-state index in [1.165, 1.54) is 29.8 Å². The number of rotatable bonds is 5. The third-order valence-electron chi connectivity index (χ3n) is 3.07. The highest BCUT2D eigenvalue weighted by Gasteiger charge is 2.16. The molecule has 0 unspecified atom stereocenters. The molecule has 1 aromatic heterocycles. The quantitative estimate of drug-likeness (QED) is 0.487. The lowest BCUT2D eigenvalue weighted by Gasteiger charge is -2.16. The van der Waals surface area contributed by atoms with Crippen molar-refractivity contribution in [2.24, 2.45) is 4.99 Å². The topological polar surface area (TPSA) is 107 Å². The van der Waals surface area contributed by atoms with E-state index in [4.69, 9.17) is 0 Å². The fraction of sp³-hybridized carbons (Fsp3) is 0. The molecule has 0 saturated carbocycles. The molecule has 0 amide bonds. The van der Waals surface area contributed by atoms with Crippen LogP contribution in [0, 0.1) is 0 Å². The number of benzene rings is 2.